The summed E-state index contributed by atoms with van der Waals surface area (Å²) in [4.78, 5) is 19.6. The number of amides is 1. The molecule has 2 aliphatic carbocycles. The van der Waals surface area contributed by atoms with Gasteiger partial charge in [0.25, 0.3) is 5.91 Å². The number of hydrogen-bond acceptors (Lipinski definition) is 2. The van der Waals surface area contributed by atoms with E-state index in [1.54, 1.807) is 6.20 Å². The Balaban J connectivity index is 1.78. The van der Waals surface area contributed by atoms with Crippen molar-refractivity contribution in [3.8, 4) is 0 Å². The monoisotopic (exact) mass is 293 g/mol. The molecule has 1 aromatic heterocycles. The minimum absolute atomic E-state index is 0.144. The second-order valence-corrected chi connectivity index (χ2v) is 6.87. The van der Waals surface area contributed by atoms with Crippen LogP contribution in [0.1, 0.15) is 63.0 Å². The molecule has 1 heterocycles. The fourth-order valence-electron chi connectivity index (χ4n) is 3.44. The van der Waals surface area contributed by atoms with E-state index in [9.17, 15) is 9.18 Å². The topological polar surface area (TPSA) is 57.8 Å². The van der Waals surface area contributed by atoms with Gasteiger partial charge in [-0.1, -0.05) is 19.8 Å². The number of rotatable bonds is 4. The van der Waals surface area contributed by atoms with Crippen LogP contribution in [-0.2, 0) is 4.79 Å². The predicted molar refractivity (Wildman–Crippen MR) is 78.4 cm³/mol. The summed E-state index contributed by atoms with van der Waals surface area (Å²) in [5.41, 5.74) is -0.711. The number of aromatic nitrogens is 2. The zero-order valence-corrected chi connectivity index (χ0v) is 12.8. The van der Waals surface area contributed by atoms with E-state index in [0.29, 0.717) is 24.7 Å². The Morgan fingerprint density at radius 1 is 1.52 bits per heavy atom. The van der Waals surface area contributed by atoms with Gasteiger partial charge < -0.3 is 10.3 Å². The van der Waals surface area contributed by atoms with Gasteiger partial charge in [-0.2, -0.15) is 0 Å². The van der Waals surface area contributed by atoms with Crippen LogP contribution in [0.3, 0.4) is 0 Å². The van der Waals surface area contributed by atoms with Gasteiger partial charge in [0.15, 0.2) is 5.67 Å². The van der Waals surface area contributed by atoms with Crippen LogP contribution in [0.15, 0.2) is 6.20 Å². The smallest absolute Gasteiger partial charge is 0.258 e. The number of carbonyl (C=O) groups excluding carboxylic acids is 1. The zero-order chi connectivity index (χ0) is 15.0. The van der Waals surface area contributed by atoms with E-state index in [2.05, 4.69) is 22.2 Å². The van der Waals surface area contributed by atoms with Crippen LogP contribution in [0.5, 0.6) is 0 Å². The molecule has 0 spiro atoms. The van der Waals surface area contributed by atoms with E-state index in [1.165, 1.54) is 12.8 Å². The third-order valence-electron chi connectivity index (χ3n) is 4.89. The number of nitrogens with one attached hydrogen (secondary N) is 2. The summed E-state index contributed by atoms with van der Waals surface area (Å²) >= 11 is 0. The first-order valence-electron chi connectivity index (χ1n) is 7.99. The van der Waals surface area contributed by atoms with Crippen LogP contribution in [0, 0.1) is 18.8 Å². The number of hydrogen-bond donors (Lipinski definition) is 2. The normalized spacial score (nSPS) is 28.9. The number of halogens is 1. The van der Waals surface area contributed by atoms with Crippen LogP contribution in [0.4, 0.5) is 4.39 Å². The molecule has 2 N–H and O–H groups in total. The Morgan fingerprint density at radius 2 is 2.29 bits per heavy atom. The second-order valence-electron chi connectivity index (χ2n) is 6.87. The lowest BCUT2D eigenvalue weighted by Crippen LogP contribution is -2.40. The van der Waals surface area contributed by atoms with E-state index >= 15 is 0 Å². The average Bonchev–Trinajstić information content (AvgIpc) is 3.06. The molecule has 0 aromatic carbocycles. The van der Waals surface area contributed by atoms with Crippen molar-refractivity contribution in [2.45, 2.75) is 64.1 Å². The minimum atomic E-state index is -1.62. The van der Waals surface area contributed by atoms with E-state index in [0.717, 1.165) is 24.4 Å². The van der Waals surface area contributed by atoms with Crippen molar-refractivity contribution in [1.29, 1.82) is 0 Å². The quantitative estimate of drug-likeness (QED) is 0.895. The summed E-state index contributed by atoms with van der Waals surface area (Å²) in [5.74, 6) is 1.40. The Morgan fingerprint density at radius 3 is 2.86 bits per heavy atom. The number of alkyl halides is 1. The van der Waals surface area contributed by atoms with E-state index in [4.69, 9.17) is 0 Å². The number of nitrogens with zero attached hydrogens (tertiary/aromatic N) is 1. The number of aromatic amines is 1. The zero-order valence-electron chi connectivity index (χ0n) is 12.8. The van der Waals surface area contributed by atoms with Crippen molar-refractivity contribution < 1.29 is 9.18 Å². The molecule has 2 aliphatic rings. The van der Waals surface area contributed by atoms with E-state index in [-0.39, 0.29) is 6.04 Å². The van der Waals surface area contributed by atoms with Crippen LogP contribution < -0.4 is 5.32 Å². The molecule has 4 nitrogen and oxygen atoms in total. The maximum atomic E-state index is 14.0. The third kappa shape index (κ3) is 3.11. The summed E-state index contributed by atoms with van der Waals surface area (Å²) < 4.78 is 14.0. The summed E-state index contributed by atoms with van der Waals surface area (Å²) in [6.45, 7) is 4.14. The highest BCUT2D eigenvalue weighted by molar-refractivity contribution is 5.88. The van der Waals surface area contributed by atoms with Gasteiger partial charge in [0.2, 0.25) is 0 Å². The molecular formula is C16H24FN3O. The average molecular weight is 293 g/mol. The molecule has 21 heavy (non-hydrogen) atoms. The van der Waals surface area contributed by atoms with Gasteiger partial charge in [0.1, 0.15) is 5.82 Å². The number of H-pyrrole nitrogens is 1. The molecule has 0 aliphatic heterocycles. The number of carbonyl (C=O) groups is 1. The van der Waals surface area contributed by atoms with Crippen LogP contribution in [0.2, 0.25) is 0 Å². The van der Waals surface area contributed by atoms with Crippen molar-refractivity contribution in [2.24, 2.45) is 11.8 Å². The maximum Gasteiger partial charge on any atom is 0.258 e. The largest absolute Gasteiger partial charge is 0.345 e. The first-order valence-corrected chi connectivity index (χ1v) is 7.99. The van der Waals surface area contributed by atoms with Crippen molar-refractivity contribution in [3.63, 3.8) is 0 Å². The molecule has 2 fully saturated rings. The Bertz CT molecular complexity index is 523. The summed E-state index contributed by atoms with van der Waals surface area (Å²) in [6, 6.07) is -0.144. The van der Waals surface area contributed by atoms with E-state index < -0.39 is 11.6 Å². The van der Waals surface area contributed by atoms with Gasteiger partial charge >= 0.3 is 0 Å². The molecule has 1 amide bonds. The van der Waals surface area contributed by atoms with Gasteiger partial charge in [-0.3, -0.25) is 4.79 Å². The third-order valence-corrected chi connectivity index (χ3v) is 4.89. The standard InChI is InChI=1S/C16H24FN3O/c1-10-4-3-5-12(8-10)14(13-9-18-11(2)19-13)20-15(21)16(17)6-7-16/h9-10,12,14H,3-8H2,1-2H3,(H,18,19)(H,20,21). The summed E-state index contributed by atoms with van der Waals surface area (Å²) in [5, 5.41) is 2.95. The van der Waals surface area contributed by atoms with Crippen molar-refractivity contribution in [2.75, 3.05) is 0 Å². The number of imidazole rings is 1. The molecule has 0 bridgehead atoms. The summed E-state index contributed by atoms with van der Waals surface area (Å²) in [6.07, 6.45) is 7.05. The van der Waals surface area contributed by atoms with Gasteiger partial charge in [-0.15, -0.1) is 0 Å². The Hall–Kier alpha value is -1.39. The lowest BCUT2D eigenvalue weighted by atomic mass is 9.77. The molecule has 5 heteroatoms. The van der Waals surface area contributed by atoms with Crippen molar-refractivity contribution >= 4 is 5.91 Å². The molecule has 116 valence electrons. The van der Waals surface area contributed by atoms with Crippen LogP contribution in [0.25, 0.3) is 0 Å². The lowest BCUT2D eigenvalue weighted by molar-refractivity contribution is -0.128. The molecular weight excluding hydrogens is 269 g/mol. The highest BCUT2D eigenvalue weighted by atomic mass is 19.1. The molecule has 3 unspecified atom stereocenters. The van der Waals surface area contributed by atoms with Gasteiger partial charge in [-0.25, -0.2) is 9.37 Å². The maximum absolute atomic E-state index is 14.0. The lowest BCUT2D eigenvalue weighted by Gasteiger charge is -2.33. The highest BCUT2D eigenvalue weighted by Crippen LogP contribution is 2.42. The molecule has 1 aromatic rings. The number of aryl methyl sites for hydroxylation is 1. The Kier molecular flexibility index (Phi) is 3.76. The summed E-state index contributed by atoms with van der Waals surface area (Å²) in [7, 11) is 0. The molecule has 3 atom stereocenters. The highest BCUT2D eigenvalue weighted by Gasteiger charge is 2.51. The van der Waals surface area contributed by atoms with E-state index in [1.807, 2.05) is 6.92 Å². The van der Waals surface area contributed by atoms with Crippen molar-refractivity contribution in [3.05, 3.63) is 17.7 Å². The predicted octanol–water partition coefficient (Wildman–Crippen LogP) is 3.20. The van der Waals surface area contributed by atoms with Gasteiger partial charge in [-0.05, 0) is 44.4 Å². The molecule has 0 saturated heterocycles. The Labute approximate surface area is 124 Å². The van der Waals surface area contributed by atoms with Crippen molar-refractivity contribution in [1.82, 2.24) is 15.3 Å². The minimum Gasteiger partial charge on any atom is -0.345 e. The van der Waals surface area contributed by atoms with Gasteiger partial charge in [0, 0.05) is 0 Å². The molecule has 2 saturated carbocycles. The molecule has 0 radical (unpaired) electrons. The fraction of sp³-hybridized carbons (Fsp3) is 0.750. The van der Waals surface area contributed by atoms with Crippen LogP contribution >= 0.6 is 0 Å². The first kappa shape index (κ1) is 14.5. The van der Waals surface area contributed by atoms with Gasteiger partial charge in [0.05, 0.1) is 17.9 Å². The second kappa shape index (κ2) is 5.43. The molecule has 3 rings (SSSR count). The fourth-order valence-corrected chi connectivity index (χ4v) is 3.44. The first-order chi connectivity index (χ1) is 9.98. The van der Waals surface area contributed by atoms with Crippen LogP contribution in [-0.4, -0.2) is 21.5 Å². The SMILES string of the molecule is Cc1ncc(C(NC(=O)C2(F)CC2)C2CCCC(C)C2)[nH]1.